The van der Waals surface area contributed by atoms with Gasteiger partial charge in [-0.15, -0.1) is 0 Å². The van der Waals surface area contributed by atoms with E-state index in [0.717, 1.165) is 19.5 Å². The fourth-order valence-corrected chi connectivity index (χ4v) is 4.01. The maximum Gasteiger partial charge on any atom is 0.241 e. The van der Waals surface area contributed by atoms with Crippen molar-refractivity contribution in [2.45, 2.75) is 24.3 Å². The Bertz CT molecular complexity index is 589. The molecule has 2 rings (SSSR count). The lowest BCUT2D eigenvalue weighted by molar-refractivity contribution is 0.407. The number of nitrogens with two attached hydrogens (primary N) is 1. The highest BCUT2D eigenvalue weighted by Crippen LogP contribution is 2.26. The second-order valence-electron chi connectivity index (χ2n) is 5.01. The molecule has 1 aliphatic heterocycles. The molecule has 0 spiro atoms. The number of likely N-dealkylation sites (N-methyl/N-ethyl adjacent to an activating group) is 1. The Hall–Kier alpha value is -0.820. The van der Waals surface area contributed by atoms with E-state index in [9.17, 15) is 8.42 Å². The molecule has 106 valence electrons. The van der Waals surface area contributed by atoms with Crippen LogP contribution in [0.25, 0.3) is 0 Å². The minimum Gasteiger partial charge on any atom is -0.397 e. The van der Waals surface area contributed by atoms with Crippen molar-refractivity contribution in [3.63, 3.8) is 0 Å². The summed E-state index contributed by atoms with van der Waals surface area (Å²) in [6, 6.07) is 2.94. The van der Waals surface area contributed by atoms with Crippen LogP contribution in [0.4, 0.5) is 5.69 Å². The maximum absolute atomic E-state index is 12.4. The molecular formula is C12H18ClN3O2S. The number of benzene rings is 1. The van der Waals surface area contributed by atoms with Gasteiger partial charge in [-0.1, -0.05) is 11.6 Å². The third-order valence-corrected chi connectivity index (χ3v) is 5.29. The number of nitrogen functional groups attached to an aromatic ring is 1. The largest absolute Gasteiger partial charge is 0.397 e. The minimum atomic E-state index is -3.55. The number of hydrogen-bond acceptors (Lipinski definition) is 4. The lowest BCUT2D eigenvalue weighted by atomic mass is 10.2. The van der Waals surface area contributed by atoms with E-state index in [1.54, 1.807) is 13.0 Å². The number of sulfonamides is 1. The number of nitrogens with zero attached hydrogens (tertiary/aromatic N) is 1. The van der Waals surface area contributed by atoms with E-state index in [0.29, 0.717) is 10.6 Å². The van der Waals surface area contributed by atoms with Gasteiger partial charge in [-0.25, -0.2) is 13.1 Å². The van der Waals surface area contributed by atoms with Crippen LogP contribution in [0.3, 0.4) is 0 Å². The molecule has 1 aliphatic rings. The van der Waals surface area contributed by atoms with Gasteiger partial charge in [-0.3, -0.25) is 0 Å². The molecule has 1 aromatic carbocycles. The van der Waals surface area contributed by atoms with Crippen molar-refractivity contribution < 1.29 is 8.42 Å². The zero-order valence-electron chi connectivity index (χ0n) is 11.0. The summed E-state index contributed by atoms with van der Waals surface area (Å²) in [5, 5.41) is 0.372. The fourth-order valence-electron chi connectivity index (χ4n) is 2.27. The monoisotopic (exact) mass is 303 g/mol. The summed E-state index contributed by atoms with van der Waals surface area (Å²) in [5.41, 5.74) is 6.55. The van der Waals surface area contributed by atoms with Gasteiger partial charge in [-0.2, -0.15) is 0 Å². The lowest BCUT2D eigenvalue weighted by Crippen LogP contribution is -2.36. The first-order valence-electron chi connectivity index (χ1n) is 6.06. The van der Waals surface area contributed by atoms with Crippen molar-refractivity contribution in [3.05, 3.63) is 22.7 Å². The number of nitrogens with one attached hydrogen (secondary N) is 1. The van der Waals surface area contributed by atoms with Gasteiger partial charge < -0.3 is 10.6 Å². The van der Waals surface area contributed by atoms with Crippen LogP contribution in [-0.4, -0.2) is 39.5 Å². The minimum absolute atomic E-state index is 0.0497. The van der Waals surface area contributed by atoms with E-state index in [-0.39, 0.29) is 16.6 Å². The molecule has 1 fully saturated rings. The Balaban J connectivity index is 2.27. The summed E-state index contributed by atoms with van der Waals surface area (Å²) in [6.45, 7) is 3.33. The number of halogens is 1. The Morgan fingerprint density at radius 2 is 2.16 bits per heavy atom. The molecular weight excluding hydrogens is 286 g/mol. The summed E-state index contributed by atoms with van der Waals surface area (Å²) in [4.78, 5) is 2.29. The number of likely N-dealkylation sites (tertiary alicyclic amines) is 1. The van der Waals surface area contributed by atoms with Gasteiger partial charge in [0, 0.05) is 12.6 Å². The number of hydrogen-bond donors (Lipinski definition) is 2. The van der Waals surface area contributed by atoms with Crippen molar-refractivity contribution in [3.8, 4) is 0 Å². The highest BCUT2D eigenvalue weighted by molar-refractivity contribution is 7.89. The first-order valence-corrected chi connectivity index (χ1v) is 7.92. The second-order valence-corrected chi connectivity index (χ2v) is 7.10. The summed E-state index contributed by atoms with van der Waals surface area (Å²) >= 11 is 5.88. The van der Waals surface area contributed by atoms with Gasteiger partial charge in [0.1, 0.15) is 0 Å². The molecule has 3 N–H and O–H groups in total. The second kappa shape index (κ2) is 5.28. The Kier molecular flexibility index (Phi) is 4.06. The van der Waals surface area contributed by atoms with Gasteiger partial charge in [0.2, 0.25) is 10.0 Å². The van der Waals surface area contributed by atoms with Gasteiger partial charge in [0.05, 0.1) is 15.6 Å². The van der Waals surface area contributed by atoms with E-state index >= 15 is 0 Å². The van der Waals surface area contributed by atoms with E-state index < -0.39 is 10.0 Å². The molecule has 0 aromatic heterocycles. The summed E-state index contributed by atoms with van der Waals surface area (Å²) < 4.78 is 27.4. The van der Waals surface area contributed by atoms with Crippen molar-refractivity contribution in [1.29, 1.82) is 0 Å². The summed E-state index contributed by atoms with van der Waals surface area (Å²) in [5.74, 6) is 0. The Labute approximate surface area is 118 Å². The first kappa shape index (κ1) is 14.6. The smallest absolute Gasteiger partial charge is 0.241 e. The van der Waals surface area contributed by atoms with Gasteiger partial charge in [0.15, 0.2) is 0 Å². The van der Waals surface area contributed by atoms with Crippen LogP contribution in [0.1, 0.15) is 12.0 Å². The van der Waals surface area contributed by atoms with Gasteiger partial charge >= 0.3 is 0 Å². The molecule has 0 aliphatic carbocycles. The first-order chi connectivity index (χ1) is 8.79. The van der Waals surface area contributed by atoms with Crippen molar-refractivity contribution in [1.82, 2.24) is 9.62 Å². The fraction of sp³-hybridized carbons (Fsp3) is 0.500. The predicted molar refractivity (Wildman–Crippen MR) is 76.8 cm³/mol. The average molecular weight is 304 g/mol. The zero-order valence-corrected chi connectivity index (χ0v) is 12.6. The molecule has 7 heteroatoms. The van der Waals surface area contributed by atoms with Crippen LogP contribution >= 0.6 is 11.6 Å². The average Bonchev–Trinajstić information content (AvgIpc) is 2.68. The lowest BCUT2D eigenvalue weighted by Gasteiger charge is -2.15. The van der Waals surface area contributed by atoms with Crippen molar-refractivity contribution in [2.24, 2.45) is 0 Å². The normalized spacial score (nSPS) is 20.9. The van der Waals surface area contributed by atoms with Gasteiger partial charge in [-0.05, 0) is 44.6 Å². The van der Waals surface area contributed by atoms with E-state index in [1.807, 2.05) is 7.05 Å². The number of anilines is 1. The van der Waals surface area contributed by atoms with Crippen LogP contribution in [0.15, 0.2) is 17.0 Å². The van der Waals surface area contributed by atoms with Crippen LogP contribution < -0.4 is 10.5 Å². The van der Waals surface area contributed by atoms with Crippen LogP contribution in [0, 0.1) is 6.92 Å². The molecule has 1 atom stereocenters. The number of aryl methyl sites for hydroxylation is 1. The zero-order chi connectivity index (χ0) is 14.2. The molecule has 0 radical (unpaired) electrons. The molecule has 1 unspecified atom stereocenters. The van der Waals surface area contributed by atoms with Gasteiger partial charge in [0.25, 0.3) is 0 Å². The molecule has 0 saturated carbocycles. The molecule has 1 heterocycles. The van der Waals surface area contributed by atoms with E-state index in [2.05, 4.69) is 9.62 Å². The molecule has 0 bridgehead atoms. The third-order valence-electron chi connectivity index (χ3n) is 3.30. The molecule has 0 amide bonds. The summed E-state index contributed by atoms with van der Waals surface area (Å²) in [7, 11) is -1.58. The van der Waals surface area contributed by atoms with Crippen LogP contribution in [-0.2, 0) is 10.0 Å². The SMILES string of the molecule is Cc1cc(Cl)c(N)cc1S(=O)(=O)NC1CCN(C)C1. The van der Waals surface area contributed by atoms with E-state index in [4.69, 9.17) is 17.3 Å². The molecule has 19 heavy (non-hydrogen) atoms. The van der Waals surface area contributed by atoms with E-state index in [1.165, 1.54) is 6.07 Å². The summed E-state index contributed by atoms with van der Waals surface area (Å²) in [6.07, 6.45) is 0.817. The van der Waals surface area contributed by atoms with Crippen LogP contribution in [0.5, 0.6) is 0 Å². The molecule has 1 aromatic rings. The quantitative estimate of drug-likeness (QED) is 0.823. The van der Waals surface area contributed by atoms with Crippen LogP contribution in [0.2, 0.25) is 5.02 Å². The number of rotatable bonds is 3. The molecule has 1 saturated heterocycles. The highest BCUT2D eigenvalue weighted by atomic mass is 35.5. The highest BCUT2D eigenvalue weighted by Gasteiger charge is 2.26. The Morgan fingerprint density at radius 3 is 2.74 bits per heavy atom. The topological polar surface area (TPSA) is 75.4 Å². The molecule has 5 nitrogen and oxygen atoms in total. The third kappa shape index (κ3) is 3.20. The standard InChI is InChI=1S/C12H18ClN3O2S/c1-8-5-10(13)11(14)6-12(8)19(17,18)15-9-3-4-16(2)7-9/h5-6,9,15H,3-4,7,14H2,1-2H3. The van der Waals surface area contributed by atoms with Crippen molar-refractivity contribution in [2.75, 3.05) is 25.9 Å². The van der Waals surface area contributed by atoms with Crippen molar-refractivity contribution >= 4 is 27.3 Å². The maximum atomic E-state index is 12.4. The predicted octanol–water partition coefficient (Wildman–Crippen LogP) is 1.21. The Morgan fingerprint density at radius 1 is 1.47 bits per heavy atom.